The zero-order valence-corrected chi connectivity index (χ0v) is 15.1. The number of aliphatic hydroxyl groups excluding tert-OH is 1. The van der Waals surface area contributed by atoms with E-state index in [1.54, 1.807) is 24.3 Å². The normalized spacial score (nSPS) is 18.2. The van der Waals surface area contributed by atoms with Gasteiger partial charge in [-0.25, -0.2) is 4.39 Å². The monoisotopic (exact) mass is 371 g/mol. The molecular weight excluding hydrogens is 353 g/mol. The second-order valence-corrected chi connectivity index (χ2v) is 6.75. The molecule has 1 atom stereocenters. The summed E-state index contributed by atoms with van der Waals surface area (Å²) in [6.45, 7) is 0.352. The number of aliphatic imine (C=N–C) groups is 1. The lowest BCUT2D eigenvalue weighted by Gasteiger charge is -2.31. The summed E-state index contributed by atoms with van der Waals surface area (Å²) in [5.74, 6) is 0.375. The summed E-state index contributed by atoms with van der Waals surface area (Å²) in [5.41, 5.74) is 3.29. The van der Waals surface area contributed by atoms with Crippen molar-refractivity contribution in [3.05, 3.63) is 106 Å². The van der Waals surface area contributed by atoms with E-state index in [1.807, 2.05) is 36.4 Å². The second kappa shape index (κ2) is 7.26. The van der Waals surface area contributed by atoms with Crippen LogP contribution in [0.25, 0.3) is 0 Å². The molecule has 0 saturated heterocycles. The Morgan fingerprint density at radius 1 is 1.04 bits per heavy atom. The van der Waals surface area contributed by atoms with Gasteiger partial charge in [-0.3, -0.25) is 4.99 Å². The van der Waals surface area contributed by atoms with Crippen LogP contribution in [0.4, 0.5) is 4.39 Å². The summed E-state index contributed by atoms with van der Waals surface area (Å²) in [6, 6.07) is 23.4. The molecule has 4 rings (SSSR count). The van der Waals surface area contributed by atoms with Crippen molar-refractivity contribution in [2.45, 2.75) is 12.1 Å². The third kappa shape index (κ3) is 3.15. The number of aliphatic hydroxyl groups is 1. The summed E-state index contributed by atoms with van der Waals surface area (Å²) >= 11 is 0. The predicted molar refractivity (Wildman–Crippen MR) is 105 cm³/mol. The first-order valence-electron chi connectivity index (χ1n) is 8.94. The number of halogens is 1. The van der Waals surface area contributed by atoms with Gasteiger partial charge < -0.3 is 10.4 Å². The van der Waals surface area contributed by atoms with Gasteiger partial charge in [0.25, 0.3) is 0 Å². The van der Waals surface area contributed by atoms with Gasteiger partial charge in [-0.15, -0.1) is 0 Å². The van der Waals surface area contributed by atoms with Crippen molar-refractivity contribution in [2.75, 3.05) is 6.54 Å². The predicted octanol–water partition coefficient (Wildman–Crippen LogP) is 3.48. The molecule has 1 aliphatic heterocycles. The van der Waals surface area contributed by atoms with E-state index < -0.39 is 5.54 Å². The van der Waals surface area contributed by atoms with Gasteiger partial charge in [0, 0.05) is 5.56 Å². The minimum atomic E-state index is -0.684. The number of amidine groups is 1. The maximum absolute atomic E-state index is 13.5. The first-order chi connectivity index (χ1) is 13.6. The van der Waals surface area contributed by atoms with Crippen molar-refractivity contribution >= 4 is 5.84 Å². The Kier molecular flexibility index (Phi) is 4.64. The first kappa shape index (κ1) is 17.9. The molecule has 138 valence electrons. The number of hydrogen-bond donors (Lipinski definition) is 2. The van der Waals surface area contributed by atoms with Gasteiger partial charge in [-0.1, -0.05) is 48.5 Å². The van der Waals surface area contributed by atoms with Gasteiger partial charge in [-0.05, 0) is 41.0 Å². The highest BCUT2D eigenvalue weighted by molar-refractivity contribution is 6.01. The molecule has 1 heterocycles. The SMILES string of the molecule is N#Cc1cccc(C2=NCC(c3ccc(F)cc3)(c3cccc(CO)c3)N2)c1. The molecule has 0 spiro atoms. The number of benzene rings is 3. The minimum Gasteiger partial charge on any atom is -0.392 e. The Morgan fingerprint density at radius 2 is 1.82 bits per heavy atom. The Hall–Kier alpha value is -3.49. The number of nitriles is 1. The molecule has 28 heavy (non-hydrogen) atoms. The minimum absolute atomic E-state index is 0.0642. The largest absolute Gasteiger partial charge is 0.392 e. The molecule has 0 aliphatic carbocycles. The number of nitrogens with zero attached hydrogens (tertiary/aromatic N) is 2. The summed E-state index contributed by atoms with van der Waals surface area (Å²) in [5, 5.41) is 22.2. The van der Waals surface area contributed by atoms with Crippen LogP contribution >= 0.6 is 0 Å². The summed E-state index contributed by atoms with van der Waals surface area (Å²) in [4.78, 5) is 4.71. The lowest BCUT2D eigenvalue weighted by Crippen LogP contribution is -2.44. The molecule has 0 fully saturated rings. The van der Waals surface area contributed by atoms with Crippen molar-refractivity contribution in [3.63, 3.8) is 0 Å². The highest BCUT2D eigenvalue weighted by Crippen LogP contribution is 2.34. The Labute approximate surface area is 162 Å². The van der Waals surface area contributed by atoms with Crippen molar-refractivity contribution in [1.29, 1.82) is 5.26 Å². The average Bonchev–Trinajstić information content (AvgIpc) is 3.21. The maximum Gasteiger partial charge on any atom is 0.129 e. The van der Waals surface area contributed by atoms with E-state index >= 15 is 0 Å². The molecule has 1 unspecified atom stereocenters. The van der Waals surface area contributed by atoms with E-state index in [9.17, 15) is 14.8 Å². The summed E-state index contributed by atoms with van der Waals surface area (Å²) in [6.07, 6.45) is 0. The molecule has 0 aromatic heterocycles. The van der Waals surface area contributed by atoms with Gasteiger partial charge in [-0.2, -0.15) is 5.26 Å². The van der Waals surface area contributed by atoms with E-state index in [0.29, 0.717) is 17.9 Å². The summed E-state index contributed by atoms with van der Waals surface area (Å²) < 4.78 is 13.5. The van der Waals surface area contributed by atoms with E-state index in [0.717, 1.165) is 22.3 Å². The number of rotatable bonds is 4. The van der Waals surface area contributed by atoms with Gasteiger partial charge in [0.2, 0.25) is 0 Å². The average molecular weight is 371 g/mol. The molecule has 1 aliphatic rings. The maximum atomic E-state index is 13.5. The highest BCUT2D eigenvalue weighted by atomic mass is 19.1. The Bertz CT molecular complexity index is 1090. The lowest BCUT2D eigenvalue weighted by atomic mass is 9.82. The molecule has 0 amide bonds. The van der Waals surface area contributed by atoms with E-state index in [4.69, 9.17) is 4.99 Å². The van der Waals surface area contributed by atoms with Crippen molar-refractivity contribution in [3.8, 4) is 6.07 Å². The molecule has 3 aromatic carbocycles. The fourth-order valence-electron chi connectivity index (χ4n) is 3.54. The second-order valence-electron chi connectivity index (χ2n) is 6.75. The fraction of sp³-hybridized carbons (Fsp3) is 0.130. The van der Waals surface area contributed by atoms with Gasteiger partial charge in [0.15, 0.2) is 0 Å². The van der Waals surface area contributed by atoms with Gasteiger partial charge >= 0.3 is 0 Å². The van der Waals surface area contributed by atoms with Crippen LogP contribution in [0.5, 0.6) is 0 Å². The standard InChI is InChI=1S/C23H18FN3O/c24-21-9-7-19(8-10-21)23(20-6-2-4-17(12-20)14-28)15-26-22(27-23)18-5-1-3-16(11-18)13-25/h1-12,28H,14-15H2,(H,26,27). The van der Waals surface area contributed by atoms with Crippen molar-refractivity contribution < 1.29 is 9.50 Å². The van der Waals surface area contributed by atoms with Crippen LogP contribution in [0.2, 0.25) is 0 Å². The molecule has 5 heteroatoms. The molecule has 3 aromatic rings. The van der Waals surface area contributed by atoms with Crippen molar-refractivity contribution in [1.82, 2.24) is 5.32 Å². The van der Waals surface area contributed by atoms with E-state index in [2.05, 4.69) is 11.4 Å². The van der Waals surface area contributed by atoms with Crippen LogP contribution in [0.3, 0.4) is 0 Å². The number of hydrogen-bond acceptors (Lipinski definition) is 4. The van der Waals surface area contributed by atoms with Crippen LogP contribution in [-0.2, 0) is 12.1 Å². The topological polar surface area (TPSA) is 68.4 Å². The molecule has 2 N–H and O–H groups in total. The highest BCUT2D eigenvalue weighted by Gasteiger charge is 2.39. The van der Waals surface area contributed by atoms with Gasteiger partial charge in [0.1, 0.15) is 17.2 Å². The van der Waals surface area contributed by atoms with Crippen LogP contribution in [0.1, 0.15) is 27.8 Å². The zero-order chi connectivity index (χ0) is 19.6. The van der Waals surface area contributed by atoms with Gasteiger partial charge in [0.05, 0.1) is 24.8 Å². The fourth-order valence-corrected chi connectivity index (χ4v) is 3.54. The quantitative estimate of drug-likeness (QED) is 0.738. The van der Waals surface area contributed by atoms with Crippen LogP contribution in [0.15, 0.2) is 77.8 Å². The molecule has 4 nitrogen and oxygen atoms in total. The Balaban J connectivity index is 1.80. The van der Waals surface area contributed by atoms with E-state index in [-0.39, 0.29) is 12.4 Å². The molecule has 0 saturated carbocycles. The van der Waals surface area contributed by atoms with E-state index in [1.165, 1.54) is 12.1 Å². The van der Waals surface area contributed by atoms with Crippen LogP contribution in [0, 0.1) is 17.1 Å². The number of nitrogens with one attached hydrogen (secondary N) is 1. The molecular formula is C23H18FN3O. The molecule has 0 bridgehead atoms. The smallest absolute Gasteiger partial charge is 0.129 e. The summed E-state index contributed by atoms with van der Waals surface area (Å²) in [7, 11) is 0. The van der Waals surface area contributed by atoms with Crippen molar-refractivity contribution in [2.24, 2.45) is 4.99 Å². The zero-order valence-electron chi connectivity index (χ0n) is 15.1. The molecule has 0 radical (unpaired) electrons. The van der Waals surface area contributed by atoms with Crippen LogP contribution in [-0.4, -0.2) is 17.5 Å². The first-order valence-corrected chi connectivity index (χ1v) is 8.94. The third-order valence-electron chi connectivity index (χ3n) is 5.01. The lowest BCUT2D eigenvalue weighted by molar-refractivity contribution is 0.281. The van der Waals surface area contributed by atoms with Crippen LogP contribution < -0.4 is 5.32 Å². The third-order valence-corrected chi connectivity index (χ3v) is 5.01. The Morgan fingerprint density at radius 3 is 2.57 bits per heavy atom.